The van der Waals surface area contributed by atoms with E-state index in [4.69, 9.17) is 15.6 Å². The molecule has 6 heteroatoms. The van der Waals surface area contributed by atoms with Crippen LogP contribution >= 0.6 is 0 Å². The van der Waals surface area contributed by atoms with Crippen molar-refractivity contribution >= 4 is 11.9 Å². The second-order valence-corrected chi connectivity index (χ2v) is 3.67. The summed E-state index contributed by atoms with van der Waals surface area (Å²) < 4.78 is 5.02. The number of rotatable bonds is 8. The number of aliphatic carboxylic acids is 1. The Labute approximate surface area is 95.4 Å². The standard InChI is InChI=1S/C10H20N2O4/c1-8(2)12(5-3-10(14)15)9(13)7-16-6-4-11/h8H,3-7,11H2,1-2H3,(H,14,15). The average Bonchev–Trinajstić information content (AvgIpc) is 2.17. The second kappa shape index (κ2) is 8.06. The van der Waals surface area contributed by atoms with Crippen molar-refractivity contribution in [2.45, 2.75) is 26.3 Å². The van der Waals surface area contributed by atoms with E-state index >= 15 is 0 Å². The van der Waals surface area contributed by atoms with Crippen molar-refractivity contribution in [2.75, 3.05) is 26.3 Å². The Kier molecular flexibility index (Phi) is 7.49. The lowest BCUT2D eigenvalue weighted by molar-refractivity contribution is -0.141. The van der Waals surface area contributed by atoms with Crippen molar-refractivity contribution in [3.63, 3.8) is 0 Å². The van der Waals surface area contributed by atoms with Crippen LogP contribution in [0.25, 0.3) is 0 Å². The highest BCUT2D eigenvalue weighted by Crippen LogP contribution is 2.01. The summed E-state index contributed by atoms with van der Waals surface area (Å²) in [5.74, 6) is -1.12. The number of nitrogens with two attached hydrogens (primary N) is 1. The van der Waals surface area contributed by atoms with Crippen LogP contribution in [0.2, 0.25) is 0 Å². The molecule has 0 aliphatic rings. The van der Waals surface area contributed by atoms with Gasteiger partial charge in [0.2, 0.25) is 5.91 Å². The fourth-order valence-electron chi connectivity index (χ4n) is 1.21. The third-order valence-electron chi connectivity index (χ3n) is 2.00. The van der Waals surface area contributed by atoms with Gasteiger partial charge in [-0.2, -0.15) is 0 Å². The molecule has 0 bridgehead atoms. The smallest absolute Gasteiger partial charge is 0.305 e. The summed E-state index contributed by atoms with van der Waals surface area (Å²) in [6.45, 7) is 4.53. The first-order valence-corrected chi connectivity index (χ1v) is 5.28. The van der Waals surface area contributed by atoms with Crippen LogP contribution in [0.3, 0.4) is 0 Å². The Morgan fingerprint density at radius 2 is 2.06 bits per heavy atom. The maximum absolute atomic E-state index is 11.6. The fourth-order valence-corrected chi connectivity index (χ4v) is 1.21. The maximum Gasteiger partial charge on any atom is 0.305 e. The van der Waals surface area contributed by atoms with Crippen LogP contribution in [0.15, 0.2) is 0 Å². The molecule has 0 aromatic rings. The Hall–Kier alpha value is -1.14. The molecular formula is C10H20N2O4. The summed E-state index contributed by atoms with van der Waals surface area (Å²) >= 11 is 0. The monoisotopic (exact) mass is 232 g/mol. The Balaban J connectivity index is 4.08. The molecule has 6 nitrogen and oxygen atoms in total. The predicted molar refractivity (Wildman–Crippen MR) is 59.0 cm³/mol. The average molecular weight is 232 g/mol. The first kappa shape index (κ1) is 14.9. The van der Waals surface area contributed by atoms with E-state index in [1.807, 2.05) is 13.8 Å². The summed E-state index contributed by atoms with van der Waals surface area (Å²) in [6.07, 6.45) is -0.0548. The van der Waals surface area contributed by atoms with Gasteiger partial charge < -0.3 is 20.5 Å². The van der Waals surface area contributed by atoms with E-state index in [1.165, 1.54) is 4.90 Å². The number of amides is 1. The zero-order valence-electron chi connectivity index (χ0n) is 9.81. The molecule has 3 N–H and O–H groups in total. The number of carbonyl (C=O) groups is 2. The molecule has 0 spiro atoms. The number of carboxylic acids is 1. The minimum Gasteiger partial charge on any atom is -0.481 e. The number of nitrogens with zero attached hydrogens (tertiary/aromatic N) is 1. The van der Waals surface area contributed by atoms with E-state index in [9.17, 15) is 9.59 Å². The Bertz CT molecular complexity index is 231. The third-order valence-corrected chi connectivity index (χ3v) is 2.00. The third kappa shape index (κ3) is 6.36. The molecule has 0 atom stereocenters. The molecule has 0 aliphatic carbocycles. The summed E-state index contributed by atoms with van der Waals surface area (Å²) in [5, 5.41) is 8.55. The van der Waals surface area contributed by atoms with Crippen LogP contribution in [-0.2, 0) is 14.3 Å². The number of ether oxygens (including phenoxy) is 1. The number of hydrogen-bond donors (Lipinski definition) is 2. The largest absolute Gasteiger partial charge is 0.481 e. The topological polar surface area (TPSA) is 92.9 Å². The van der Waals surface area contributed by atoms with Crippen molar-refractivity contribution in [3.8, 4) is 0 Å². The minimum atomic E-state index is -0.915. The van der Waals surface area contributed by atoms with E-state index in [0.29, 0.717) is 13.2 Å². The highest BCUT2D eigenvalue weighted by atomic mass is 16.5. The van der Waals surface area contributed by atoms with Gasteiger partial charge in [0.15, 0.2) is 0 Å². The van der Waals surface area contributed by atoms with Crippen molar-refractivity contribution in [3.05, 3.63) is 0 Å². The van der Waals surface area contributed by atoms with Crippen molar-refractivity contribution in [1.29, 1.82) is 0 Å². The van der Waals surface area contributed by atoms with Crippen molar-refractivity contribution in [2.24, 2.45) is 5.73 Å². The summed E-state index contributed by atoms with van der Waals surface area (Å²) in [7, 11) is 0. The molecule has 0 aromatic carbocycles. The van der Waals surface area contributed by atoms with Gasteiger partial charge in [0.1, 0.15) is 6.61 Å². The van der Waals surface area contributed by atoms with Crippen LogP contribution in [0.5, 0.6) is 0 Å². The highest BCUT2D eigenvalue weighted by molar-refractivity contribution is 5.78. The quantitative estimate of drug-likeness (QED) is 0.559. The second-order valence-electron chi connectivity index (χ2n) is 3.67. The van der Waals surface area contributed by atoms with Gasteiger partial charge in [-0.1, -0.05) is 0 Å². The first-order valence-electron chi connectivity index (χ1n) is 5.28. The van der Waals surface area contributed by atoms with Crippen molar-refractivity contribution < 1.29 is 19.4 Å². The Morgan fingerprint density at radius 3 is 2.50 bits per heavy atom. The lowest BCUT2D eigenvalue weighted by atomic mass is 10.3. The molecule has 0 saturated heterocycles. The van der Waals surface area contributed by atoms with E-state index in [-0.39, 0.29) is 31.5 Å². The van der Waals surface area contributed by atoms with Crippen LogP contribution in [0.1, 0.15) is 20.3 Å². The van der Waals surface area contributed by atoms with Gasteiger partial charge in [0, 0.05) is 19.1 Å². The molecule has 0 aliphatic heterocycles. The van der Waals surface area contributed by atoms with Crippen LogP contribution < -0.4 is 5.73 Å². The molecule has 0 rings (SSSR count). The van der Waals surface area contributed by atoms with E-state index < -0.39 is 5.97 Å². The summed E-state index contributed by atoms with van der Waals surface area (Å²) in [6, 6.07) is -0.0340. The molecule has 0 fully saturated rings. The number of carboxylic acid groups (broad SMARTS) is 1. The summed E-state index contributed by atoms with van der Waals surface area (Å²) in [4.78, 5) is 23.6. The molecule has 1 amide bonds. The van der Waals surface area contributed by atoms with Crippen LogP contribution in [-0.4, -0.2) is 54.2 Å². The predicted octanol–water partition coefficient (Wildman–Crippen LogP) is -0.327. The number of carbonyl (C=O) groups excluding carboxylic acids is 1. The molecule has 0 unspecified atom stereocenters. The molecule has 0 radical (unpaired) electrons. The van der Waals surface area contributed by atoms with E-state index in [2.05, 4.69) is 0 Å². The Morgan fingerprint density at radius 1 is 1.44 bits per heavy atom. The highest BCUT2D eigenvalue weighted by Gasteiger charge is 2.17. The normalized spacial score (nSPS) is 10.5. The SMILES string of the molecule is CC(C)N(CCC(=O)O)C(=O)COCCN. The fraction of sp³-hybridized carbons (Fsp3) is 0.800. The van der Waals surface area contributed by atoms with Gasteiger partial charge in [-0.3, -0.25) is 9.59 Å². The van der Waals surface area contributed by atoms with Crippen LogP contribution in [0.4, 0.5) is 0 Å². The zero-order chi connectivity index (χ0) is 12.6. The van der Waals surface area contributed by atoms with Gasteiger partial charge in [-0.15, -0.1) is 0 Å². The number of hydrogen-bond acceptors (Lipinski definition) is 4. The maximum atomic E-state index is 11.6. The zero-order valence-corrected chi connectivity index (χ0v) is 9.81. The molecule has 16 heavy (non-hydrogen) atoms. The van der Waals surface area contributed by atoms with E-state index in [1.54, 1.807) is 0 Å². The molecular weight excluding hydrogens is 212 g/mol. The van der Waals surface area contributed by atoms with Gasteiger partial charge in [-0.05, 0) is 13.8 Å². The molecule has 0 aromatic heterocycles. The van der Waals surface area contributed by atoms with E-state index in [0.717, 1.165) is 0 Å². The molecule has 0 heterocycles. The molecule has 94 valence electrons. The van der Waals surface area contributed by atoms with Crippen molar-refractivity contribution in [1.82, 2.24) is 4.90 Å². The summed E-state index contributed by atoms with van der Waals surface area (Å²) in [5.41, 5.74) is 5.22. The van der Waals surface area contributed by atoms with Gasteiger partial charge >= 0.3 is 5.97 Å². The first-order chi connectivity index (χ1) is 7.49. The minimum absolute atomic E-state index is 0.0340. The lowest BCUT2D eigenvalue weighted by Gasteiger charge is -2.26. The van der Waals surface area contributed by atoms with Gasteiger partial charge in [-0.25, -0.2) is 0 Å². The molecule has 0 saturated carbocycles. The van der Waals surface area contributed by atoms with Crippen LogP contribution in [0, 0.1) is 0 Å². The van der Waals surface area contributed by atoms with Gasteiger partial charge in [0.05, 0.1) is 13.0 Å². The van der Waals surface area contributed by atoms with Gasteiger partial charge in [0.25, 0.3) is 0 Å². The lowest BCUT2D eigenvalue weighted by Crippen LogP contribution is -2.40.